The van der Waals surface area contributed by atoms with Crippen molar-refractivity contribution in [1.29, 1.82) is 0 Å². The Kier molecular flexibility index (Phi) is 3.17. The van der Waals surface area contributed by atoms with E-state index >= 15 is 0 Å². The Balaban J connectivity index is 2.05. The molecule has 2 N–H and O–H groups in total. The highest BCUT2D eigenvalue weighted by atomic mass is 16.4. The van der Waals surface area contributed by atoms with Crippen LogP contribution in [0, 0.1) is 0 Å². The van der Waals surface area contributed by atoms with E-state index in [0.29, 0.717) is 0 Å². The summed E-state index contributed by atoms with van der Waals surface area (Å²) in [5, 5.41) is 21.3. The maximum Gasteiger partial charge on any atom is 0.313 e. The molecule has 4 nitrogen and oxygen atoms in total. The van der Waals surface area contributed by atoms with E-state index in [9.17, 15) is 15.0 Å². The molecule has 4 heteroatoms. The van der Waals surface area contributed by atoms with E-state index in [0.717, 1.165) is 22.0 Å². The third-order valence-corrected chi connectivity index (χ3v) is 4.10. The van der Waals surface area contributed by atoms with E-state index in [4.69, 9.17) is 0 Å². The molecule has 0 radical (unpaired) electrons. The van der Waals surface area contributed by atoms with Crippen molar-refractivity contribution in [2.24, 2.45) is 0 Å². The maximum absolute atomic E-state index is 11.3. The molecule has 0 aliphatic carbocycles. The van der Waals surface area contributed by atoms with Crippen LogP contribution in [0.1, 0.15) is 19.4 Å². The van der Waals surface area contributed by atoms with Crippen molar-refractivity contribution in [1.82, 2.24) is 4.57 Å². The summed E-state index contributed by atoms with van der Waals surface area (Å²) in [7, 11) is 0. The van der Waals surface area contributed by atoms with Crippen LogP contribution in [0.25, 0.3) is 16.5 Å². The fourth-order valence-electron chi connectivity index (χ4n) is 2.50. The largest absolute Gasteiger partial charge is 0.494 e. The van der Waals surface area contributed by atoms with Crippen LogP contribution in [0.15, 0.2) is 54.7 Å². The topological polar surface area (TPSA) is 62.5 Å². The van der Waals surface area contributed by atoms with Crippen LogP contribution in [-0.4, -0.2) is 20.7 Å². The van der Waals surface area contributed by atoms with Crippen molar-refractivity contribution in [3.8, 4) is 11.6 Å². The first kappa shape index (κ1) is 14.2. The zero-order valence-corrected chi connectivity index (χ0v) is 12.4. The van der Waals surface area contributed by atoms with E-state index in [2.05, 4.69) is 0 Å². The normalized spacial score (nSPS) is 11.7. The monoisotopic (exact) mass is 295 g/mol. The molecule has 2 aromatic carbocycles. The average Bonchev–Trinajstić information content (AvgIpc) is 2.85. The molecular formula is C18H17NO3. The Morgan fingerprint density at radius 3 is 2.27 bits per heavy atom. The fraction of sp³-hybridized carbons (Fsp3) is 0.167. The van der Waals surface area contributed by atoms with Crippen molar-refractivity contribution >= 4 is 16.7 Å². The highest BCUT2D eigenvalue weighted by Crippen LogP contribution is 2.31. The van der Waals surface area contributed by atoms with Crippen LogP contribution < -0.4 is 0 Å². The molecule has 112 valence electrons. The number of hydrogen-bond acceptors (Lipinski definition) is 2. The molecule has 1 heterocycles. The van der Waals surface area contributed by atoms with Gasteiger partial charge >= 0.3 is 5.97 Å². The number of fused-ring (bicyclic) bond motifs is 1. The lowest BCUT2D eigenvalue weighted by atomic mass is 9.85. The molecule has 0 fully saturated rings. The molecule has 0 atom stereocenters. The standard InChI is InChI=1S/C18H17NO3/c1-18(2,17(21)22)13-7-9-14(10-8-13)19-11-12-5-3-4-6-15(12)16(19)20/h3-11,20H,1-2H3,(H,21,22). The van der Waals surface area contributed by atoms with Gasteiger partial charge in [-0.2, -0.15) is 0 Å². The van der Waals surface area contributed by atoms with Crippen molar-refractivity contribution in [3.63, 3.8) is 0 Å². The van der Waals surface area contributed by atoms with Gasteiger partial charge in [0.15, 0.2) is 0 Å². The molecule has 0 bridgehead atoms. The lowest BCUT2D eigenvalue weighted by Gasteiger charge is -2.20. The van der Waals surface area contributed by atoms with Crippen molar-refractivity contribution < 1.29 is 15.0 Å². The van der Waals surface area contributed by atoms with Gasteiger partial charge in [-0.05, 0) is 37.6 Å². The quantitative estimate of drug-likeness (QED) is 0.774. The summed E-state index contributed by atoms with van der Waals surface area (Å²) in [5.41, 5.74) is 0.570. The van der Waals surface area contributed by atoms with Gasteiger partial charge in [-0.25, -0.2) is 0 Å². The van der Waals surface area contributed by atoms with Crippen LogP contribution in [0.2, 0.25) is 0 Å². The summed E-state index contributed by atoms with van der Waals surface area (Å²) in [6.07, 6.45) is 1.86. The van der Waals surface area contributed by atoms with E-state index in [1.165, 1.54) is 0 Å². The summed E-state index contributed by atoms with van der Waals surface area (Å²) < 4.78 is 1.70. The maximum atomic E-state index is 11.3. The number of benzene rings is 2. The zero-order chi connectivity index (χ0) is 15.9. The molecule has 0 aliphatic heterocycles. The molecule has 22 heavy (non-hydrogen) atoms. The number of carboxylic acid groups (broad SMARTS) is 1. The van der Waals surface area contributed by atoms with Gasteiger partial charge in [-0.1, -0.05) is 30.3 Å². The smallest absolute Gasteiger partial charge is 0.313 e. The minimum Gasteiger partial charge on any atom is -0.494 e. The van der Waals surface area contributed by atoms with Crippen LogP contribution in [0.5, 0.6) is 5.88 Å². The van der Waals surface area contributed by atoms with Gasteiger partial charge in [-0.15, -0.1) is 0 Å². The number of rotatable bonds is 3. The molecule has 0 spiro atoms. The lowest BCUT2D eigenvalue weighted by molar-refractivity contribution is -0.142. The third-order valence-electron chi connectivity index (χ3n) is 4.10. The Bertz CT molecular complexity index is 844. The van der Waals surface area contributed by atoms with E-state index in [1.807, 2.05) is 42.6 Å². The van der Waals surface area contributed by atoms with Crippen molar-refractivity contribution in [2.45, 2.75) is 19.3 Å². The fourth-order valence-corrected chi connectivity index (χ4v) is 2.50. The first-order valence-corrected chi connectivity index (χ1v) is 7.04. The van der Waals surface area contributed by atoms with Gasteiger partial charge < -0.3 is 10.2 Å². The molecule has 0 saturated heterocycles. The Hall–Kier alpha value is -2.75. The van der Waals surface area contributed by atoms with Crippen molar-refractivity contribution in [3.05, 3.63) is 60.3 Å². The number of nitrogens with zero attached hydrogens (tertiary/aromatic N) is 1. The molecule has 0 unspecified atom stereocenters. The molecular weight excluding hydrogens is 278 g/mol. The Morgan fingerprint density at radius 2 is 1.68 bits per heavy atom. The summed E-state index contributed by atoms with van der Waals surface area (Å²) in [6, 6.07) is 14.8. The van der Waals surface area contributed by atoms with Gasteiger partial charge in [0.2, 0.25) is 5.88 Å². The van der Waals surface area contributed by atoms with Crippen LogP contribution >= 0.6 is 0 Å². The van der Waals surface area contributed by atoms with Crippen LogP contribution in [-0.2, 0) is 10.2 Å². The van der Waals surface area contributed by atoms with Gasteiger partial charge in [0.05, 0.1) is 5.41 Å². The number of aliphatic carboxylic acids is 1. The van der Waals surface area contributed by atoms with Gasteiger partial charge in [0, 0.05) is 22.7 Å². The predicted molar refractivity (Wildman–Crippen MR) is 85.6 cm³/mol. The molecule has 0 saturated carbocycles. The Morgan fingerprint density at radius 1 is 1.05 bits per heavy atom. The average molecular weight is 295 g/mol. The number of hydrogen-bond donors (Lipinski definition) is 2. The third kappa shape index (κ3) is 2.13. The van der Waals surface area contributed by atoms with Crippen LogP contribution in [0.3, 0.4) is 0 Å². The summed E-state index contributed by atoms with van der Waals surface area (Å²) in [4.78, 5) is 11.3. The molecule has 3 aromatic rings. The number of aromatic nitrogens is 1. The lowest BCUT2D eigenvalue weighted by Crippen LogP contribution is -2.28. The zero-order valence-electron chi connectivity index (χ0n) is 12.4. The van der Waals surface area contributed by atoms with Crippen molar-refractivity contribution in [2.75, 3.05) is 0 Å². The first-order valence-electron chi connectivity index (χ1n) is 7.04. The minimum absolute atomic E-state index is 0.181. The molecule has 0 amide bonds. The number of carbonyl (C=O) groups is 1. The number of carboxylic acids is 1. The predicted octanol–water partition coefficient (Wildman–Crippen LogP) is 3.70. The first-order chi connectivity index (χ1) is 10.4. The van der Waals surface area contributed by atoms with Gasteiger partial charge in [-0.3, -0.25) is 9.36 Å². The Labute approximate surface area is 128 Å². The van der Waals surface area contributed by atoms with E-state index in [-0.39, 0.29) is 5.88 Å². The summed E-state index contributed by atoms with van der Waals surface area (Å²) in [5.74, 6) is -0.685. The second kappa shape index (κ2) is 4.91. The molecule has 0 aliphatic rings. The second-order valence-electron chi connectivity index (χ2n) is 5.89. The summed E-state index contributed by atoms with van der Waals surface area (Å²) >= 11 is 0. The highest BCUT2D eigenvalue weighted by Gasteiger charge is 2.29. The highest BCUT2D eigenvalue weighted by molar-refractivity contribution is 5.88. The SMILES string of the molecule is CC(C)(C(=O)O)c1ccc(-n2cc3ccccc3c2O)cc1. The second-order valence-corrected chi connectivity index (χ2v) is 5.89. The van der Waals surface area contributed by atoms with Gasteiger partial charge in [0.1, 0.15) is 0 Å². The molecule has 3 rings (SSSR count). The van der Waals surface area contributed by atoms with E-state index < -0.39 is 11.4 Å². The summed E-state index contributed by atoms with van der Waals surface area (Å²) in [6.45, 7) is 3.34. The number of aromatic hydroxyl groups is 1. The minimum atomic E-state index is -0.942. The molecule has 1 aromatic heterocycles. The van der Waals surface area contributed by atoms with Gasteiger partial charge in [0.25, 0.3) is 0 Å². The van der Waals surface area contributed by atoms with Crippen LogP contribution in [0.4, 0.5) is 0 Å². The van der Waals surface area contributed by atoms with E-state index in [1.54, 1.807) is 30.5 Å².